The molecular formula is C18H15NO3S. The Bertz CT molecular complexity index is 824. The number of carbonyl (C=O) groups is 1. The maximum absolute atomic E-state index is 10.7. The van der Waals surface area contributed by atoms with Crippen molar-refractivity contribution in [1.82, 2.24) is 4.98 Å². The van der Waals surface area contributed by atoms with E-state index in [-0.39, 0.29) is 6.42 Å². The van der Waals surface area contributed by atoms with Gasteiger partial charge < -0.3 is 9.84 Å². The van der Waals surface area contributed by atoms with Gasteiger partial charge in [-0.1, -0.05) is 12.1 Å². The van der Waals surface area contributed by atoms with Crippen LogP contribution in [0.5, 0.6) is 11.5 Å². The van der Waals surface area contributed by atoms with E-state index >= 15 is 0 Å². The van der Waals surface area contributed by atoms with Crippen LogP contribution >= 0.6 is 11.3 Å². The standard InChI is InChI=1S/C18H15NO3S/c1-12-3-2-4-16(9-12)22-15-7-5-13(6-8-15)18-19-14(11-23-18)10-17(20)21/h2-9,11H,10H2,1H3,(H,20,21). The summed E-state index contributed by atoms with van der Waals surface area (Å²) in [5.41, 5.74) is 2.67. The fourth-order valence-electron chi connectivity index (χ4n) is 2.16. The highest BCUT2D eigenvalue weighted by Gasteiger charge is 2.08. The molecular weight excluding hydrogens is 310 g/mol. The fraction of sp³-hybridized carbons (Fsp3) is 0.111. The maximum Gasteiger partial charge on any atom is 0.309 e. The molecule has 0 spiro atoms. The zero-order valence-corrected chi connectivity index (χ0v) is 13.3. The Morgan fingerprint density at radius 2 is 1.96 bits per heavy atom. The molecule has 0 radical (unpaired) electrons. The monoisotopic (exact) mass is 325 g/mol. The summed E-state index contributed by atoms with van der Waals surface area (Å²) < 4.78 is 5.81. The quantitative estimate of drug-likeness (QED) is 0.748. The number of rotatable bonds is 5. The molecule has 0 atom stereocenters. The molecule has 1 heterocycles. The third-order valence-corrected chi connectivity index (χ3v) is 4.15. The van der Waals surface area contributed by atoms with E-state index in [1.165, 1.54) is 11.3 Å². The summed E-state index contributed by atoms with van der Waals surface area (Å²) in [6, 6.07) is 15.5. The van der Waals surface area contributed by atoms with Crippen molar-refractivity contribution in [3.8, 4) is 22.1 Å². The van der Waals surface area contributed by atoms with E-state index in [0.29, 0.717) is 5.69 Å². The summed E-state index contributed by atoms with van der Waals surface area (Å²) in [6.07, 6.45) is -0.0505. The van der Waals surface area contributed by atoms with Gasteiger partial charge in [0, 0.05) is 10.9 Å². The predicted molar refractivity (Wildman–Crippen MR) is 90.1 cm³/mol. The van der Waals surface area contributed by atoms with Gasteiger partial charge in [-0.05, 0) is 48.9 Å². The molecule has 3 aromatic rings. The summed E-state index contributed by atoms with van der Waals surface area (Å²) in [6.45, 7) is 2.02. The Morgan fingerprint density at radius 1 is 1.17 bits per heavy atom. The van der Waals surface area contributed by atoms with Gasteiger partial charge in [-0.2, -0.15) is 0 Å². The summed E-state index contributed by atoms with van der Waals surface area (Å²) in [4.78, 5) is 15.0. The molecule has 0 bridgehead atoms. The van der Waals surface area contributed by atoms with Crippen LogP contribution in [0.25, 0.3) is 10.6 Å². The molecule has 5 heteroatoms. The number of thiazole rings is 1. The van der Waals surface area contributed by atoms with Crippen molar-refractivity contribution in [3.05, 3.63) is 65.2 Å². The summed E-state index contributed by atoms with van der Waals surface area (Å²) >= 11 is 1.44. The molecule has 0 saturated carbocycles. The van der Waals surface area contributed by atoms with Crippen LogP contribution in [0.4, 0.5) is 0 Å². The Labute approximate surface area is 138 Å². The van der Waals surface area contributed by atoms with Crippen LogP contribution in [0.3, 0.4) is 0 Å². The van der Waals surface area contributed by atoms with Crippen LogP contribution in [-0.2, 0) is 11.2 Å². The van der Waals surface area contributed by atoms with Gasteiger partial charge in [0.15, 0.2) is 0 Å². The minimum atomic E-state index is -0.872. The molecule has 2 aromatic carbocycles. The van der Waals surface area contributed by atoms with Crippen LogP contribution in [-0.4, -0.2) is 16.1 Å². The smallest absolute Gasteiger partial charge is 0.309 e. The van der Waals surface area contributed by atoms with Crippen LogP contribution < -0.4 is 4.74 Å². The molecule has 1 aromatic heterocycles. The molecule has 0 saturated heterocycles. The van der Waals surface area contributed by atoms with Gasteiger partial charge in [-0.3, -0.25) is 4.79 Å². The first-order valence-corrected chi connectivity index (χ1v) is 7.99. The van der Waals surface area contributed by atoms with Crippen molar-refractivity contribution in [1.29, 1.82) is 0 Å². The highest BCUT2D eigenvalue weighted by Crippen LogP contribution is 2.28. The minimum absolute atomic E-state index is 0.0505. The maximum atomic E-state index is 10.7. The number of hydrogen-bond donors (Lipinski definition) is 1. The lowest BCUT2D eigenvalue weighted by Gasteiger charge is -2.06. The molecule has 3 rings (SSSR count). The molecule has 4 nitrogen and oxygen atoms in total. The van der Waals surface area contributed by atoms with Crippen molar-refractivity contribution >= 4 is 17.3 Å². The summed E-state index contributed by atoms with van der Waals surface area (Å²) in [5, 5.41) is 11.4. The van der Waals surface area contributed by atoms with E-state index in [0.717, 1.165) is 27.6 Å². The molecule has 0 unspecified atom stereocenters. The third-order valence-electron chi connectivity index (χ3n) is 3.21. The summed E-state index contributed by atoms with van der Waals surface area (Å²) in [5.74, 6) is 0.682. The molecule has 0 aliphatic rings. The SMILES string of the molecule is Cc1cccc(Oc2ccc(-c3nc(CC(=O)O)cs3)cc2)c1. The zero-order valence-electron chi connectivity index (χ0n) is 12.5. The highest BCUT2D eigenvalue weighted by molar-refractivity contribution is 7.13. The Morgan fingerprint density at radius 3 is 2.65 bits per heavy atom. The van der Waals surface area contributed by atoms with E-state index in [1.807, 2.05) is 55.5 Å². The number of nitrogens with zero attached hydrogens (tertiary/aromatic N) is 1. The van der Waals surface area contributed by atoms with Crippen molar-refractivity contribution in [3.63, 3.8) is 0 Å². The molecule has 0 aliphatic carbocycles. The fourth-order valence-corrected chi connectivity index (χ4v) is 2.98. The molecule has 0 aliphatic heterocycles. The van der Waals surface area contributed by atoms with E-state index in [2.05, 4.69) is 4.98 Å². The second-order valence-electron chi connectivity index (χ2n) is 5.16. The van der Waals surface area contributed by atoms with Gasteiger partial charge >= 0.3 is 5.97 Å². The summed E-state index contributed by atoms with van der Waals surface area (Å²) in [7, 11) is 0. The van der Waals surface area contributed by atoms with E-state index in [4.69, 9.17) is 9.84 Å². The van der Waals surface area contributed by atoms with Crippen molar-refractivity contribution in [2.24, 2.45) is 0 Å². The number of aryl methyl sites for hydroxylation is 1. The topological polar surface area (TPSA) is 59.4 Å². The van der Waals surface area contributed by atoms with Crippen LogP contribution in [0.1, 0.15) is 11.3 Å². The molecule has 0 fully saturated rings. The number of hydrogen-bond acceptors (Lipinski definition) is 4. The Kier molecular flexibility index (Phi) is 4.39. The van der Waals surface area contributed by atoms with Gasteiger partial charge in [0.25, 0.3) is 0 Å². The number of carboxylic acid groups (broad SMARTS) is 1. The lowest BCUT2D eigenvalue weighted by molar-refractivity contribution is -0.136. The van der Waals surface area contributed by atoms with Crippen molar-refractivity contribution in [2.45, 2.75) is 13.3 Å². The third kappa shape index (κ3) is 3.96. The van der Waals surface area contributed by atoms with Crippen LogP contribution in [0.2, 0.25) is 0 Å². The second kappa shape index (κ2) is 6.62. The lowest BCUT2D eigenvalue weighted by Crippen LogP contribution is -1.99. The second-order valence-corrected chi connectivity index (χ2v) is 6.02. The molecule has 116 valence electrons. The molecule has 23 heavy (non-hydrogen) atoms. The molecule has 0 amide bonds. The zero-order chi connectivity index (χ0) is 16.2. The molecule has 1 N–H and O–H groups in total. The number of aromatic nitrogens is 1. The average molecular weight is 325 g/mol. The number of aliphatic carboxylic acids is 1. The Hall–Kier alpha value is -2.66. The lowest BCUT2D eigenvalue weighted by atomic mass is 10.2. The first-order chi connectivity index (χ1) is 11.1. The van der Waals surface area contributed by atoms with Crippen molar-refractivity contribution in [2.75, 3.05) is 0 Å². The van der Waals surface area contributed by atoms with Crippen LogP contribution in [0, 0.1) is 6.92 Å². The van der Waals surface area contributed by atoms with E-state index in [9.17, 15) is 4.79 Å². The number of carboxylic acids is 1. The van der Waals surface area contributed by atoms with Gasteiger partial charge in [0.05, 0.1) is 12.1 Å². The predicted octanol–water partition coefficient (Wildman–Crippen LogP) is 4.54. The van der Waals surface area contributed by atoms with Gasteiger partial charge in [-0.15, -0.1) is 11.3 Å². The van der Waals surface area contributed by atoms with Crippen molar-refractivity contribution < 1.29 is 14.6 Å². The number of benzene rings is 2. The highest BCUT2D eigenvalue weighted by atomic mass is 32.1. The van der Waals surface area contributed by atoms with Crippen LogP contribution in [0.15, 0.2) is 53.9 Å². The van der Waals surface area contributed by atoms with Gasteiger partial charge in [0.2, 0.25) is 0 Å². The van der Waals surface area contributed by atoms with Gasteiger partial charge in [0.1, 0.15) is 16.5 Å². The first-order valence-electron chi connectivity index (χ1n) is 7.11. The Balaban J connectivity index is 1.74. The normalized spacial score (nSPS) is 10.5. The largest absolute Gasteiger partial charge is 0.481 e. The average Bonchev–Trinajstić information content (AvgIpc) is 2.96. The first kappa shape index (κ1) is 15.2. The minimum Gasteiger partial charge on any atom is -0.481 e. The van der Waals surface area contributed by atoms with Gasteiger partial charge in [-0.25, -0.2) is 4.98 Å². The van der Waals surface area contributed by atoms with E-state index in [1.54, 1.807) is 5.38 Å². The number of ether oxygens (including phenoxy) is 1. The van der Waals surface area contributed by atoms with E-state index < -0.39 is 5.97 Å².